The van der Waals surface area contributed by atoms with Gasteiger partial charge in [0.15, 0.2) is 0 Å². The van der Waals surface area contributed by atoms with Gasteiger partial charge in [0.2, 0.25) is 5.91 Å². The van der Waals surface area contributed by atoms with Crippen molar-refractivity contribution in [1.29, 1.82) is 0 Å². The Morgan fingerprint density at radius 2 is 2.24 bits per heavy atom. The lowest BCUT2D eigenvalue weighted by atomic mass is 9.83. The summed E-state index contributed by atoms with van der Waals surface area (Å²) in [6.45, 7) is 4.06. The average molecular weight is 307 g/mol. The topological polar surface area (TPSA) is 44.4 Å². The van der Waals surface area contributed by atoms with Crippen molar-refractivity contribution in [2.45, 2.75) is 32.4 Å². The number of halogens is 3. The maximum Gasteiger partial charge on any atom is 0.401 e. The molecule has 2 aliphatic heterocycles. The Morgan fingerprint density at radius 1 is 1.48 bits per heavy atom. The maximum atomic E-state index is 12.3. The lowest BCUT2D eigenvalue weighted by Gasteiger charge is -2.26. The van der Waals surface area contributed by atoms with E-state index in [9.17, 15) is 18.0 Å². The fourth-order valence-electron chi connectivity index (χ4n) is 3.30. The molecule has 1 amide bonds. The first kappa shape index (κ1) is 16.5. The van der Waals surface area contributed by atoms with Gasteiger partial charge in [0, 0.05) is 19.6 Å². The number of nitrogens with zero attached hydrogens (tertiary/aromatic N) is 1. The third-order valence-electron chi connectivity index (χ3n) is 4.73. The number of hydrogen-bond donors (Lipinski definition) is 2. The first-order chi connectivity index (χ1) is 9.85. The number of likely N-dealkylation sites (tertiary alicyclic amines) is 1. The summed E-state index contributed by atoms with van der Waals surface area (Å²) >= 11 is 0. The highest BCUT2D eigenvalue weighted by Crippen LogP contribution is 2.30. The molecule has 2 aliphatic rings. The van der Waals surface area contributed by atoms with Gasteiger partial charge in [-0.3, -0.25) is 9.69 Å². The van der Waals surface area contributed by atoms with E-state index in [0.717, 1.165) is 19.4 Å². The quantitative estimate of drug-likeness (QED) is 0.806. The normalized spacial score (nSPS) is 30.8. The van der Waals surface area contributed by atoms with Gasteiger partial charge in [0.05, 0.1) is 12.0 Å². The lowest BCUT2D eigenvalue weighted by molar-refractivity contribution is -0.144. The molecule has 0 aromatic carbocycles. The summed E-state index contributed by atoms with van der Waals surface area (Å²) in [5.74, 6) is 0.170. The zero-order valence-corrected chi connectivity index (χ0v) is 12.4. The summed E-state index contributed by atoms with van der Waals surface area (Å²) in [6, 6.07) is 0. The van der Waals surface area contributed by atoms with Crippen LogP contribution in [-0.4, -0.2) is 56.3 Å². The summed E-state index contributed by atoms with van der Waals surface area (Å²) in [5, 5.41) is 6.17. The van der Waals surface area contributed by atoms with E-state index < -0.39 is 12.7 Å². The lowest BCUT2D eigenvalue weighted by Crippen LogP contribution is -2.44. The van der Waals surface area contributed by atoms with Crippen LogP contribution in [-0.2, 0) is 4.79 Å². The fourth-order valence-corrected chi connectivity index (χ4v) is 3.30. The van der Waals surface area contributed by atoms with Crippen LogP contribution in [0.1, 0.15) is 26.2 Å². The van der Waals surface area contributed by atoms with E-state index in [-0.39, 0.29) is 17.2 Å². The van der Waals surface area contributed by atoms with Crippen molar-refractivity contribution in [3.63, 3.8) is 0 Å². The van der Waals surface area contributed by atoms with Crippen LogP contribution in [0.2, 0.25) is 0 Å². The molecular formula is C14H24F3N3O. The van der Waals surface area contributed by atoms with Gasteiger partial charge in [0.1, 0.15) is 0 Å². The van der Waals surface area contributed by atoms with Gasteiger partial charge in [-0.05, 0) is 38.3 Å². The van der Waals surface area contributed by atoms with Crippen molar-refractivity contribution in [1.82, 2.24) is 15.5 Å². The van der Waals surface area contributed by atoms with E-state index >= 15 is 0 Å². The van der Waals surface area contributed by atoms with Gasteiger partial charge in [0.25, 0.3) is 0 Å². The average Bonchev–Trinajstić information content (AvgIpc) is 3.03. The van der Waals surface area contributed by atoms with Crippen LogP contribution in [0.4, 0.5) is 13.2 Å². The van der Waals surface area contributed by atoms with Crippen LogP contribution in [0.5, 0.6) is 0 Å². The Balaban J connectivity index is 1.75. The standard InChI is InChI=1S/C14H24F3N3O/c1-2-13(4-5-18-9-13)12(21)19-7-11-3-6-20(8-11)10-14(15,16)17/h11,18H,2-10H2,1H3,(H,19,21). The molecule has 2 unspecified atom stereocenters. The van der Waals surface area contributed by atoms with Crippen LogP contribution in [0.3, 0.4) is 0 Å². The molecule has 7 heteroatoms. The van der Waals surface area contributed by atoms with E-state index in [1.165, 1.54) is 4.90 Å². The van der Waals surface area contributed by atoms with Crippen molar-refractivity contribution < 1.29 is 18.0 Å². The summed E-state index contributed by atoms with van der Waals surface area (Å²) in [6.07, 6.45) is -1.80. The van der Waals surface area contributed by atoms with Crippen LogP contribution >= 0.6 is 0 Å². The molecule has 2 atom stereocenters. The minimum Gasteiger partial charge on any atom is -0.355 e. The number of carbonyl (C=O) groups excluding carboxylic acids is 1. The van der Waals surface area contributed by atoms with E-state index in [0.29, 0.717) is 32.6 Å². The zero-order valence-electron chi connectivity index (χ0n) is 12.4. The largest absolute Gasteiger partial charge is 0.401 e. The molecule has 0 radical (unpaired) electrons. The molecule has 4 nitrogen and oxygen atoms in total. The molecule has 2 N–H and O–H groups in total. The third-order valence-corrected chi connectivity index (χ3v) is 4.73. The number of carbonyl (C=O) groups is 1. The first-order valence-corrected chi connectivity index (χ1v) is 7.63. The van der Waals surface area contributed by atoms with E-state index in [1.54, 1.807) is 0 Å². The minimum absolute atomic E-state index is 0.0456. The highest BCUT2D eigenvalue weighted by atomic mass is 19.4. The molecule has 2 fully saturated rings. The molecule has 0 aromatic heterocycles. The minimum atomic E-state index is -4.14. The molecule has 0 saturated carbocycles. The Morgan fingerprint density at radius 3 is 2.81 bits per heavy atom. The number of rotatable bonds is 5. The molecule has 0 aliphatic carbocycles. The summed E-state index contributed by atoms with van der Waals surface area (Å²) in [7, 11) is 0. The van der Waals surface area contributed by atoms with Crippen LogP contribution in [0.15, 0.2) is 0 Å². The second-order valence-corrected chi connectivity index (χ2v) is 6.28. The van der Waals surface area contributed by atoms with Gasteiger partial charge in [-0.2, -0.15) is 13.2 Å². The van der Waals surface area contributed by atoms with E-state index in [1.807, 2.05) is 6.92 Å². The molecule has 122 valence electrons. The van der Waals surface area contributed by atoms with Gasteiger partial charge in [-0.15, -0.1) is 0 Å². The molecule has 0 spiro atoms. The smallest absolute Gasteiger partial charge is 0.355 e. The Labute approximate surface area is 123 Å². The van der Waals surface area contributed by atoms with E-state index in [4.69, 9.17) is 0 Å². The number of nitrogens with one attached hydrogen (secondary N) is 2. The molecule has 21 heavy (non-hydrogen) atoms. The van der Waals surface area contributed by atoms with Crippen LogP contribution < -0.4 is 10.6 Å². The molecule has 0 bridgehead atoms. The van der Waals surface area contributed by atoms with Gasteiger partial charge < -0.3 is 10.6 Å². The van der Waals surface area contributed by atoms with Gasteiger partial charge in [-0.1, -0.05) is 6.92 Å². The first-order valence-electron chi connectivity index (χ1n) is 7.63. The van der Waals surface area contributed by atoms with Crippen molar-refractivity contribution >= 4 is 5.91 Å². The van der Waals surface area contributed by atoms with Crippen LogP contribution in [0, 0.1) is 11.3 Å². The third kappa shape index (κ3) is 4.32. The molecule has 2 saturated heterocycles. The van der Waals surface area contributed by atoms with Crippen molar-refractivity contribution in [2.24, 2.45) is 11.3 Å². The highest BCUT2D eigenvalue weighted by molar-refractivity contribution is 5.83. The Kier molecular flexibility index (Phi) is 5.14. The molecule has 2 heterocycles. The van der Waals surface area contributed by atoms with Crippen LogP contribution in [0.25, 0.3) is 0 Å². The summed E-state index contributed by atoms with van der Waals surface area (Å²) in [5.41, 5.74) is -0.329. The zero-order chi connectivity index (χ0) is 15.5. The van der Waals surface area contributed by atoms with Crippen molar-refractivity contribution in [2.75, 3.05) is 39.3 Å². The predicted molar refractivity (Wildman–Crippen MR) is 73.8 cm³/mol. The SMILES string of the molecule is CCC1(C(=O)NCC2CCN(CC(F)(F)F)C2)CCNC1. The van der Waals surface area contributed by atoms with E-state index in [2.05, 4.69) is 10.6 Å². The monoisotopic (exact) mass is 307 g/mol. The highest BCUT2D eigenvalue weighted by Gasteiger charge is 2.40. The Hall–Kier alpha value is -0.820. The molecule has 0 aromatic rings. The second kappa shape index (κ2) is 6.52. The maximum absolute atomic E-state index is 12.3. The summed E-state index contributed by atoms with van der Waals surface area (Å²) in [4.78, 5) is 13.7. The number of alkyl halides is 3. The molecular weight excluding hydrogens is 283 g/mol. The fraction of sp³-hybridized carbons (Fsp3) is 0.929. The Bertz CT molecular complexity index is 367. The van der Waals surface area contributed by atoms with Crippen molar-refractivity contribution in [3.05, 3.63) is 0 Å². The van der Waals surface area contributed by atoms with Gasteiger partial charge >= 0.3 is 6.18 Å². The predicted octanol–water partition coefficient (Wildman–Crippen LogP) is 1.38. The van der Waals surface area contributed by atoms with Gasteiger partial charge in [-0.25, -0.2) is 0 Å². The summed E-state index contributed by atoms with van der Waals surface area (Å²) < 4.78 is 37.0. The second-order valence-electron chi connectivity index (χ2n) is 6.28. The number of amides is 1. The number of hydrogen-bond acceptors (Lipinski definition) is 3. The molecule has 2 rings (SSSR count). The van der Waals surface area contributed by atoms with Crippen molar-refractivity contribution in [3.8, 4) is 0 Å².